The average Bonchev–Trinajstić information content (AvgIpc) is 2.74. The number of benzene rings is 3. The van der Waals surface area contributed by atoms with E-state index in [1.807, 2.05) is 78.9 Å². The molecule has 130 valence electrons. The normalized spacial score (nSPS) is 11.0. The summed E-state index contributed by atoms with van der Waals surface area (Å²) >= 11 is 0. The number of nitrogens with zero attached hydrogens (tertiary/aromatic N) is 2. The van der Waals surface area contributed by atoms with Gasteiger partial charge in [-0.25, -0.2) is 0 Å². The lowest BCUT2D eigenvalue weighted by Gasteiger charge is -2.05. The summed E-state index contributed by atoms with van der Waals surface area (Å²) in [5, 5.41) is 9.26. The number of aromatic amines is 1. The van der Waals surface area contributed by atoms with Crippen LogP contribution < -0.4 is 5.43 Å². The average molecular weight is 351 g/mol. The molecule has 0 bridgehead atoms. The highest BCUT2D eigenvalue weighted by Crippen LogP contribution is 2.11. The smallest absolute Gasteiger partial charge is 0.198 e. The van der Waals surface area contributed by atoms with Crippen molar-refractivity contribution >= 4 is 22.8 Å². The molecule has 0 spiro atoms. The molecule has 27 heavy (non-hydrogen) atoms. The summed E-state index contributed by atoms with van der Waals surface area (Å²) in [6.45, 7) is 0. The Labute approximate surface area is 156 Å². The van der Waals surface area contributed by atoms with Crippen molar-refractivity contribution in [2.45, 2.75) is 0 Å². The molecule has 3 aromatic carbocycles. The fraction of sp³-hybridized carbons (Fsp3) is 0. The Morgan fingerprint density at radius 1 is 0.778 bits per heavy atom. The van der Waals surface area contributed by atoms with Gasteiger partial charge in [-0.3, -0.25) is 4.79 Å². The second-order valence-corrected chi connectivity index (χ2v) is 6.04. The Hall–Kier alpha value is -3.79. The lowest BCUT2D eigenvalue weighted by atomic mass is 10.0. The predicted molar refractivity (Wildman–Crippen MR) is 111 cm³/mol. The van der Waals surface area contributed by atoms with Gasteiger partial charge < -0.3 is 4.98 Å². The van der Waals surface area contributed by atoms with E-state index in [1.54, 1.807) is 12.3 Å². The van der Waals surface area contributed by atoms with Gasteiger partial charge in [-0.1, -0.05) is 72.8 Å². The number of H-pyrrole nitrogens is 1. The van der Waals surface area contributed by atoms with Crippen LogP contribution in [0, 0.1) is 0 Å². The summed E-state index contributed by atoms with van der Waals surface area (Å²) in [7, 11) is 0. The second kappa shape index (κ2) is 7.62. The number of hydrogen-bond donors (Lipinski definition) is 1. The molecule has 4 aromatic rings. The minimum Gasteiger partial charge on any atom is -0.360 e. The number of rotatable bonds is 4. The van der Waals surface area contributed by atoms with E-state index in [9.17, 15) is 4.79 Å². The summed E-state index contributed by atoms with van der Waals surface area (Å²) in [5.74, 6) is 0. The highest BCUT2D eigenvalue weighted by molar-refractivity contribution is 6.13. The Morgan fingerprint density at radius 2 is 1.37 bits per heavy atom. The first-order valence-corrected chi connectivity index (χ1v) is 8.65. The summed E-state index contributed by atoms with van der Waals surface area (Å²) < 4.78 is 0. The van der Waals surface area contributed by atoms with E-state index < -0.39 is 0 Å². The van der Waals surface area contributed by atoms with E-state index in [0.29, 0.717) is 10.9 Å². The van der Waals surface area contributed by atoms with Gasteiger partial charge in [0.15, 0.2) is 5.43 Å². The molecule has 0 radical (unpaired) electrons. The predicted octanol–water partition coefficient (Wildman–Crippen LogP) is 4.40. The van der Waals surface area contributed by atoms with E-state index in [4.69, 9.17) is 0 Å². The molecule has 4 nitrogen and oxygen atoms in total. The minimum absolute atomic E-state index is 0.0655. The van der Waals surface area contributed by atoms with Crippen LogP contribution >= 0.6 is 0 Å². The van der Waals surface area contributed by atoms with Crippen molar-refractivity contribution in [2.24, 2.45) is 10.2 Å². The van der Waals surface area contributed by atoms with Crippen LogP contribution in [0.25, 0.3) is 10.9 Å². The van der Waals surface area contributed by atoms with Gasteiger partial charge in [-0.15, -0.1) is 5.10 Å². The molecular weight excluding hydrogens is 334 g/mol. The summed E-state index contributed by atoms with van der Waals surface area (Å²) in [6.07, 6.45) is 3.16. The van der Waals surface area contributed by atoms with E-state index in [1.165, 1.54) is 6.21 Å². The lowest BCUT2D eigenvalue weighted by molar-refractivity contribution is 1.24. The number of para-hydroxylation sites is 1. The van der Waals surface area contributed by atoms with Crippen LogP contribution in [-0.2, 0) is 0 Å². The van der Waals surface area contributed by atoms with Gasteiger partial charge in [0.1, 0.15) is 5.71 Å². The van der Waals surface area contributed by atoms with Gasteiger partial charge in [0.25, 0.3) is 0 Å². The van der Waals surface area contributed by atoms with Crippen molar-refractivity contribution in [1.29, 1.82) is 0 Å². The zero-order valence-electron chi connectivity index (χ0n) is 14.5. The van der Waals surface area contributed by atoms with Gasteiger partial charge in [0, 0.05) is 28.2 Å². The Morgan fingerprint density at radius 3 is 2.04 bits per heavy atom. The molecule has 0 atom stereocenters. The molecular formula is C23H17N3O. The first-order valence-electron chi connectivity index (χ1n) is 8.65. The Kier molecular flexibility index (Phi) is 4.70. The maximum Gasteiger partial charge on any atom is 0.198 e. The minimum atomic E-state index is -0.0655. The molecule has 0 unspecified atom stereocenters. The summed E-state index contributed by atoms with van der Waals surface area (Å²) in [4.78, 5) is 15.7. The Balaban J connectivity index is 1.74. The number of aromatic nitrogens is 1. The zero-order chi connectivity index (χ0) is 18.5. The zero-order valence-corrected chi connectivity index (χ0v) is 14.5. The third-order valence-electron chi connectivity index (χ3n) is 4.27. The highest BCUT2D eigenvalue weighted by atomic mass is 16.1. The van der Waals surface area contributed by atoms with E-state index in [-0.39, 0.29) is 5.43 Å². The van der Waals surface area contributed by atoms with Crippen LogP contribution in [0.3, 0.4) is 0 Å². The van der Waals surface area contributed by atoms with Crippen molar-refractivity contribution < 1.29 is 0 Å². The standard InChI is InChI=1S/C23H17N3O/c27-23-19(15-24-21-14-8-7-13-20(21)23)16-25-26-22(17-9-3-1-4-10-17)18-11-5-2-6-12-18/h1-16H,(H,24,27)/b25-16+. The number of fused-ring (bicyclic) bond motifs is 1. The van der Waals surface area contributed by atoms with Gasteiger partial charge in [-0.2, -0.15) is 5.10 Å². The van der Waals surface area contributed by atoms with Gasteiger partial charge in [-0.05, 0) is 12.1 Å². The van der Waals surface area contributed by atoms with Crippen LogP contribution in [0.15, 0.2) is 106 Å². The van der Waals surface area contributed by atoms with Crippen LogP contribution in [0.2, 0.25) is 0 Å². The quantitative estimate of drug-likeness (QED) is 0.430. The highest BCUT2D eigenvalue weighted by Gasteiger charge is 2.06. The molecule has 0 saturated heterocycles. The topological polar surface area (TPSA) is 57.6 Å². The molecule has 0 aliphatic carbocycles. The van der Waals surface area contributed by atoms with Crippen LogP contribution in [0.1, 0.15) is 16.7 Å². The number of hydrogen-bond acceptors (Lipinski definition) is 3. The van der Waals surface area contributed by atoms with Crippen molar-refractivity contribution in [3.05, 3.63) is 118 Å². The number of nitrogens with one attached hydrogen (secondary N) is 1. The largest absolute Gasteiger partial charge is 0.360 e. The van der Waals surface area contributed by atoms with Crippen LogP contribution in [0.5, 0.6) is 0 Å². The molecule has 0 aliphatic rings. The second-order valence-electron chi connectivity index (χ2n) is 6.04. The van der Waals surface area contributed by atoms with E-state index in [2.05, 4.69) is 15.2 Å². The van der Waals surface area contributed by atoms with Crippen molar-refractivity contribution in [3.63, 3.8) is 0 Å². The molecule has 0 saturated carbocycles. The fourth-order valence-corrected chi connectivity index (χ4v) is 2.90. The van der Waals surface area contributed by atoms with Crippen molar-refractivity contribution in [2.75, 3.05) is 0 Å². The molecule has 1 aromatic heterocycles. The fourth-order valence-electron chi connectivity index (χ4n) is 2.90. The van der Waals surface area contributed by atoms with Gasteiger partial charge >= 0.3 is 0 Å². The third kappa shape index (κ3) is 3.60. The monoisotopic (exact) mass is 351 g/mol. The van der Waals surface area contributed by atoms with Gasteiger partial charge in [0.05, 0.1) is 11.8 Å². The SMILES string of the molecule is O=c1c(/C=N/N=C(c2ccccc2)c2ccccc2)c[nH]c2ccccc12. The maximum atomic E-state index is 12.6. The molecule has 0 fully saturated rings. The van der Waals surface area contributed by atoms with Crippen LogP contribution in [-0.4, -0.2) is 16.9 Å². The first kappa shape index (κ1) is 16.7. The molecule has 4 heteroatoms. The third-order valence-corrected chi connectivity index (χ3v) is 4.27. The molecule has 4 rings (SSSR count). The van der Waals surface area contributed by atoms with Crippen molar-refractivity contribution in [1.82, 2.24) is 4.98 Å². The van der Waals surface area contributed by atoms with Crippen molar-refractivity contribution in [3.8, 4) is 0 Å². The first-order chi connectivity index (χ1) is 13.3. The molecule has 1 heterocycles. The lowest BCUT2D eigenvalue weighted by Crippen LogP contribution is -2.09. The molecule has 0 amide bonds. The maximum absolute atomic E-state index is 12.6. The van der Waals surface area contributed by atoms with E-state index >= 15 is 0 Å². The van der Waals surface area contributed by atoms with Gasteiger partial charge in [0.2, 0.25) is 0 Å². The molecule has 0 aliphatic heterocycles. The van der Waals surface area contributed by atoms with E-state index in [0.717, 1.165) is 22.4 Å². The van der Waals surface area contributed by atoms with Crippen LogP contribution in [0.4, 0.5) is 0 Å². The number of pyridine rings is 1. The summed E-state index contributed by atoms with van der Waals surface area (Å²) in [5.41, 5.74) is 3.89. The molecule has 1 N–H and O–H groups in total. The summed E-state index contributed by atoms with van der Waals surface area (Å²) in [6, 6.07) is 27.2. The Bertz CT molecular complexity index is 1130.